The fourth-order valence-electron chi connectivity index (χ4n) is 1.90. The monoisotopic (exact) mass is 272 g/mol. The lowest BCUT2D eigenvalue weighted by molar-refractivity contribution is -0.123. The Bertz CT molecular complexity index is 321. The average molecular weight is 272 g/mol. The van der Waals surface area contributed by atoms with Gasteiger partial charge in [-0.2, -0.15) is 0 Å². The highest BCUT2D eigenvalue weighted by Crippen LogP contribution is 2.07. The second kappa shape index (κ2) is 6.72. The molecule has 1 fully saturated rings. The standard InChI is InChI=1S/C12H24N4O3/c1-12(2,3)19-11(18)15-8-9(10(13)17)16-6-4-14-5-7-16/h9,14H,4-8H2,1-3H3,(H2,13,17)(H,15,18). The van der Waals surface area contributed by atoms with Crippen LogP contribution in [0.5, 0.6) is 0 Å². The fraction of sp³-hybridized carbons (Fsp3) is 0.833. The Balaban J connectivity index is 2.45. The normalized spacial score (nSPS) is 18.7. The van der Waals surface area contributed by atoms with Crippen molar-refractivity contribution in [3.8, 4) is 0 Å². The van der Waals surface area contributed by atoms with Crippen molar-refractivity contribution in [1.82, 2.24) is 15.5 Å². The van der Waals surface area contributed by atoms with Crippen molar-refractivity contribution in [2.45, 2.75) is 32.4 Å². The molecule has 4 N–H and O–H groups in total. The molecule has 1 atom stereocenters. The molecular weight excluding hydrogens is 248 g/mol. The minimum absolute atomic E-state index is 0.171. The van der Waals surface area contributed by atoms with Crippen molar-refractivity contribution in [2.75, 3.05) is 32.7 Å². The van der Waals surface area contributed by atoms with Crippen LogP contribution in [-0.4, -0.2) is 61.3 Å². The van der Waals surface area contributed by atoms with Gasteiger partial charge >= 0.3 is 6.09 Å². The number of hydrogen-bond donors (Lipinski definition) is 3. The Morgan fingerprint density at radius 1 is 1.37 bits per heavy atom. The van der Waals surface area contributed by atoms with E-state index in [0.717, 1.165) is 26.2 Å². The number of amides is 2. The van der Waals surface area contributed by atoms with Gasteiger partial charge in [0, 0.05) is 32.7 Å². The summed E-state index contributed by atoms with van der Waals surface area (Å²) in [5.74, 6) is -0.432. The first-order chi connectivity index (χ1) is 8.79. The Morgan fingerprint density at radius 3 is 2.42 bits per heavy atom. The van der Waals surface area contributed by atoms with Gasteiger partial charge in [0.1, 0.15) is 11.6 Å². The first-order valence-electron chi connectivity index (χ1n) is 6.50. The molecule has 0 radical (unpaired) electrons. The first kappa shape index (κ1) is 15.7. The summed E-state index contributed by atoms with van der Waals surface area (Å²) >= 11 is 0. The number of ether oxygens (including phenoxy) is 1. The van der Waals surface area contributed by atoms with Crippen LogP contribution in [0.3, 0.4) is 0 Å². The number of piperazine rings is 1. The molecule has 7 heteroatoms. The van der Waals surface area contributed by atoms with Gasteiger partial charge in [-0.1, -0.05) is 0 Å². The Hall–Kier alpha value is -1.34. The smallest absolute Gasteiger partial charge is 0.407 e. The number of alkyl carbamates (subject to hydrolysis) is 1. The number of carbonyl (C=O) groups excluding carboxylic acids is 2. The van der Waals surface area contributed by atoms with E-state index >= 15 is 0 Å². The Kier molecular flexibility index (Phi) is 5.56. The highest BCUT2D eigenvalue weighted by molar-refractivity contribution is 5.81. The van der Waals surface area contributed by atoms with E-state index in [1.54, 1.807) is 20.8 Å². The van der Waals surface area contributed by atoms with E-state index in [1.165, 1.54) is 0 Å². The topological polar surface area (TPSA) is 96.7 Å². The molecule has 0 saturated carbocycles. The van der Waals surface area contributed by atoms with Crippen molar-refractivity contribution in [2.24, 2.45) is 5.73 Å². The zero-order chi connectivity index (χ0) is 14.5. The van der Waals surface area contributed by atoms with Crippen molar-refractivity contribution >= 4 is 12.0 Å². The highest BCUT2D eigenvalue weighted by Gasteiger charge is 2.26. The van der Waals surface area contributed by atoms with E-state index < -0.39 is 23.6 Å². The maximum Gasteiger partial charge on any atom is 0.407 e. The molecule has 1 aliphatic rings. The van der Waals surface area contributed by atoms with Crippen LogP contribution < -0.4 is 16.4 Å². The molecule has 0 aromatic rings. The number of nitrogens with zero attached hydrogens (tertiary/aromatic N) is 1. The number of carbonyl (C=O) groups is 2. The van der Waals surface area contributed by atoms with Gasteiger partial charge in [0.25, 0.3) is 0 Å². The molecule has 7 nitrogen and oxygen atoms in total. The van der Waals surface area contributed by atoms with Gasteiger partial charge in [-0.05, 0) is 20.8 Å². The van der Waals surface area contributed by atoms with Crippen LogP contribution in [0.15, 0.2) is 0 Å². The van der Waals surface area contributed by atoms with E-state index in [2.05, 4.69) is 10.6 Å². The first-order valence-corrected chi connectivity index (χ1v) is 6.50. The summed E-state index contributed by atoms with van der Waals surface area (Å²) in [6.07, 6.45) is -0.533. The molecule has 0 spiro atoms. The van der Waals surface area contributed by atoms with Gasteiger partial charge in [-0.3, -0.25) is 9.69 Å². The van der Waals surface area contributed by atoms with Crippen LogP contribution in [0.1, 0.15) is 20.8 Å². The third-order valence-electron chi connectivity index (χ3n) is 2.76. The predicted octanol–water partition coefficient (Wildman–Crippen LogP) is -0.730. The predicted molar refractivity (Wildman–Crippen MR) is 71.7 cm³/mol. The minimum atomic E-state index is -0.554. The fourth-order valence-corrected chi connectivity index (χ4v) is 1.90. The molecule has 19 heavy (non-hydrogen) atoms. The van der Waals surface area contributed by atoms with Crippen LogP contribution in [0.4, 0.5) is 4.79 Å². The summed E-state index contributed by atoms with van der Waals surface area (Å²) < 4.78 is 5.12. The zero-order valence-electron chi connectivity index (χ0n) is 11.9. The van der Waals surface area contributed by atoms with Gasteiger partial charge in [0.15, 0.2) is 0 Å². The van der Waals surface area contributed by atoms with E-state index in [0.29, 0.717) is 0 Å². The van der Waals surface area contributed by atoms with Crippen LogP contribution in [0.25, 0.3) is 0 Å². The minimum Gasteiger partial charge on any atom is -0.444 e. The maximum absolute atomic E-state index is 11.6. The molecular formula is C12H24N4O3. The third-order valence-corrected chi connectivity index (χ3v) is 2.76. The summed E-state index contributed by atoms with van der Waals surface area (Å²) in [6.45, 7) is 8.64. The van der Waals surface area contributed by atoms with Crippen molar-refractivity contribution in [3.05, 3.63) is 0 Å². The van der Waals surface area contributed by atoms with E-state index in [9.17, 15) is 9.59 Å². The van der Waals surface area contributed by atoms with Crippen molar-refractivity contribution in [3.63, 3.8) is 0 Å². The molecule has 0 aromatic heterocycles. The Labute approximate surface area is 113 Å². The van der Waals surface area contributed by atoms with Gasteiger partial charge < -0.3 is 21.1 Å². The average Bonchev–Trinajstić information content (AvgIpc) is 2.27. The third kappa shape index (κ3) is 5.89. The van der Waals surface area contributed by atoms with Crippen LogP contribution in [0.2, 0.25) is 0 Å². The summed E-state index contributed by atoms with van der Waals surface area (Å²) in [6, 6.07) is -0.491. The molecule has 1 aliphatic heterocycles. The van der Waals surface area contributed by atoms with Crippen LogP contribution in [0, 0.1) is 0 Å². The maximum atomic E-state index is 11.6. The molecule has 1 heterocycles. The zero-order valence-corrected chi connectivity index (χ0v) is 11.9. The molecule has 0 aromatic carbocycles. The summed E-state index contributed by atoms with van der Waals surface area (Å²) in [4.78, 5) is 25.0. The van der Waals surface area contributed by atoms with Gasteiger partial charge in [-0.15, -0.1) is 0 Å². The number of rotatable bonds is 4. The lowest BCUT2D eigenvalue weighted by Gasteiger charge is -2.33. The Morgan fingerprint density at radius 2 is 1.95 bits per heavy atom. The molecule has 1 rings (SSSR count). The number of hydrogen-bond acceptors (Lipinski definition) is 5. The molecule has 1 unspecified atom stereocenters. The van der Waals surface area contributed by atoms with Gasteiger partial charge in [0.05, 0.1) is 0 Å². The van der Waals surface area contributed by atoms with E-state index in [1.807, 2.05) is 4.90 Å². The van der Waals surface area contributed by atoms with Gasteiger partial charge in [0.2, 0.25) is 5.91 Å². The summed E-state index contributed by atoms with van der Waals surface area (Å²) in [5.41, 5.74) is 4.83. The van der Waals surface area contributed by atoms with E-state index in [4.69, 9.17) is 10.5 Å². The summed E-state index contributed by atoms with van der Waals surface area (Å²) in [5, 5.41) is 5.79. The van der Waals surface area contributed by atoms with E-state index in [-0.39, 0.29) is 6.54 Å². The molecule has 2 amide bonds. The SMILES string of the molecule is CC(C)(C)OC(=O)NCC(C(N)=O)N1CCNCC1. The van der Waals surface area contributed by atoms with Crippen molar-refractivity contribution < 1.29 is 14.3 Å². The van der Waals surface area contributed by atoms with Crippen LogP contribution >= 0.6 is 0 Å². The summed E-state index contributed by atoms with van der Waals surface area (Å²) in [7, 11) is 0. The second-order valence-corrected chi connectivity index (χ2v) is 5.59. The second-order valence-electron chi connectivity index (χ2n) is 5.59. The largest absolute Gasteiger partial charge is 0.444 e. The number of primary amides is 1. The highest BCUT2D eigenvalue weighted by atomic mass is 16.6. The van der Waals surface area contributed by atoms with Crippen molar-refractivity contribution in [1.29, 1.82) is 0 Å². The molecule has 0 aliphatic carbocycles. The lowest BCUT2D eigenvalue weighted by atomic mass is 10.2. The van der Waals surface area contributed by atoms with Crippen LogP contribution in [-0.2, 0) is 9.53 Å². The quantitative estimate of drug-likeness (QED) is 0.627. The number of nitrogens with two attached hydrogens (primary N) is 1. The molecule has 110 valence electrons. The number of nitrogens with one attached hydrogen (secondary N) is 2. The van der Waals surface area contributed by atoms with Gasteiger partial charge in [-0.25, -0.2) is 4.79 Å². The lowest BCUT2D eigenvalue weighted by Crippen LogP contribution is -2.57. The molecule has 1 saturated heterocycles. The molecule has 0 bridgehead atoms.